The number of hydrogen-bond donors (Lipinski definition) is 1. The molecule has 0 amide bonds. The van der Waals surface area contributed by atoms with Crippen molar-refractivity contribution in [3.63, 3.8) is 0 Å². The van der Waals surface area contributed by atoms with Crippen molar-refractivity contribution in [2.45, 2.75) is 0 Å². The largest absolute Gasteiger partial charge is 0.444 e. The van der Waals surface area contributed by atoms with Crippen LogP contribution in [-0.2, 0) is 0 Å². The molecule has 5 nitrogen and oxygen atoms in total. The summed E-state index contributed by atoms with van der Waals surface area (Å²) in [6, 6.07) is 11.5. The number of oxazole rings is 1. The minimum absolute atomic E-state index is 0.728. The van der Waals surface area contributed by atoms with Gasteiger partial charge in [0.2, 0.25) is 0 Å². The Bertz CT molecular complexity index is 693. The first kappa shape index (κ1) is 12.1. The molecule has 0 bridgehead atoms. The Hall–Kier alpha value is -2.95. The van der Waals surface area contributed by atoms with Crippen LogP contribution in [0.5, 0.6) is 0 Å². The van der Waals surface area contributed by atoms with Crippen molar-refractivity contribution in [3.8, 4) is 11.3 Å². The van der Waals surface area contributed by atoms with Gasteiger partial charge in [-0.05, 0) is 29.8 Å². The smallest absolute Gasteiger partial charge is 0.181 e. The maximum Gasteiger partial charge on any atom is 0.181 e. The minimum atomic E-state index is 0.728. The molecule has 0 atom stereocenters. The average molecular weight is 264 g/mol. The van der Waals surface area contributed by atoms with E-state index in [2.05, 4.69) is 20.5 Å². The Kier molecular flexibility index (Phi) is 3.51. The van der Waals surface area contributed by atoms with Crippen LogP contribution in [0.4, 0.5) is 5.69 Å². The summed E-state index contributed by atoms with van der Waals surface area (Å²) in [7, 11) is 0. The van der Waals surface area contributed by atoms with E-state index in [1.54, 1.807) is 24.8 Å². The van der Waals surface area contributed by atoms with Crippen LogP contribution in [0.2, 0.25) is 0 Å². The molecule has 0 unspecified atom stereocenters. The lowest BCUT2D eigenvalue weighted by atomic mass is 10.2. The van der Waals surface area contributed by atoms with Crippen molar-refractivity contribution in [2.24, 2.45) is 5.10 Å². The van der Waals surface area contributed by atoms with Gasteiger partial charge in [-0.25, -0.2) is 4.98 Å². The van der Waals surface area contributed by atoms with Gasteiger partial charge >= 0.3 is 0 Å². The fraction of sp³-hybridized carbons (Fsp3) is 0. The highest BCUT2D eigenvalue weighted by Crippen LogP contribution is 2.21. The SMILES string of the molecule is C(=N\Nc1cccc(-c2cnco2)c1)/c1ccncc1. The Balaban J connectivity index is 1.72. The molecule has 0 saturated heterocycles. The second kappa shape index (κ2) is 5.79. The lowest BCUT2D eigenvalue weighted by Gasteiger charge is -2.02. The maximum absolute atomic E-state index is 5.26. The second-order valence-corrected chi connectivity index (χ2v) is 4.10. The van der Waals surface area contributed by atoms with Gasteiger partial charge in [0.1, 0.15) is 0 Å². The predicted molar refractivity (Wildman–Crippen MR) is 77.4 cm³/mol. The van der Waals surface area contributed by atoms with Gasteiger partial charge in [-0.3, -0.25) is 10.4 Å². The van der Waals surface area contributed by atoms with Crippen LogP contribution in [0.1, 0.15) is 5.56 Å². The Morgan fingerprint density at radius 3 is 2.80 bits per heavy atom. The average Bonchev–Trinajstić information content (AvgIpc) is 3.03. The molecule has 3 rings (SSSR count). The minimum Gasteiger partial charge on any atom is -0.444 e. The number of hydrazone groups is 1. The molecule has 1 aromatic carbocycles. The molecule has 0 spiro atoms. The fourth-order valence-electron chi connectivity index (χ4n) is 1.73. The highest BCUT2D eigenvalue weighted by molar-refractivity contribution is 5.79. The van der Waals surface area contributed by atoms with Crippen molar-refractivity contribution in [3.05, 3.63) is 66.9 Å². The van der Waals surface area contributed by atoms with E-state index < -0.39 is 0 Å². The Morgan fingerprint density at radius 1 is 1.10 bits per heavy atom. The lowest BCUT2D eigenvalue weighted by Crippen LogP contribution is -1.91. The highest BCUT2D eigenvalue weighted by atomic mass is 16.3. The standard InChI is InChI=1S/C15H12N4O/c1-2-13(15-10-17-11-20-15)8-14(3-1)19-18-9-12-4-6-16-7-5-12/h1-11,19H/b18-9+. The van der Waals surface area contributed by atoms with Crippen LogP contribution < -0.4 is 5.43 Å². The summed E-state index contributed by atoms with van der Waals surface area (Å²) in [4.78, 5) is 7.86. The zero-order valence-corrected chi connectivity index (χ0v) is 10.6. The molecular weight excluding hydrogens is 252 g/mol. The summed E-state index contributed by atoms with van der Waals surface area (Å²) in [5.74, 6) is 0.728. The summed E-state index contributed by atoms with van der Waals surface area (Å²) < 4.78 is 5.26. The predicted octanol–water partition coefficient (Wildman–Crippen LogP) is 3.18. The summed E-state index contributed by atoms with van der Waals surface area (Å²) in [6.07, 6.45) is 8.29. The first-order valence-corrected chi connectivity index (χ1v) is 6.10. The molecule has 2 aromatic heterocycles. The van der Waals surface area contributed by atoms with Crippen molar-refractivity contribution in [1.29, 1.82) is 0 Å². The van der Waals surface area contributed by atoms with E-state index in [4.69, 9.17) is 4.42 Å². The molecule has 0 aliphatic heterocycles. The van der Waals surface area contributed by atoms with Crippen LogP contribution in [0.15, 0.2) is 70.9 Å². The van der Waals surface area contributed by atoms with Gasteiger partial charge in [0, 0.05) is 18.0 Å². The topological polar surface area (TPSA) is 63.3 Å². The number of nitrogens with zero attached hydrogens (tertiary/aromatic N) is 3. The molecule has 3 aromatic rings. The normalized spacial score (nSPS) is 10.8. The molecule has 1 N–H and O–H groups in total. The summed E-state index contributed by atoms with van der Waals surface area (Å²) >= 11 is 0. The third kappa shape index (κ3) is 2.89. The molecule has 0 aliphatic rings. The second-order valence-electron chi connectivity index (χ2n) is 4.10. The van der Waals surface area contributed by atoms with Gasteiger partial charge in [0.25, 0.3) is 0 Å². The van der Waals surface area contributed by atoms with Gasteiger partial charge in [0.05, 0.1) is 18.1 Å². The van der Waals surface area contributed by atoms with E-state index in [0.717, 1.165) is 22.6 Å². The van der Waals surface area contributed by atoms with Crippen LogP contribution >= 0.6 is 0 Å². The first-order chi connectivity index (χ1) is 9.92. The number of anilines is 1. The monoisotopic (exact) mass is 264 g/mol. The van der Waals surface area contributed by atoms with E-state index in [0.29, 0.717) is 0 Å². The van der Waals surface area contributed by atoms with Crippen molar-refractivity contribution < 1.29 is 4.42 Å². The molecule has 0 radical (unpaired) electrons. The van der Waals surface area contributed by atoms with Gasteiger partial charge < -0.3 is 4.42 Å². The van der Waals surface area contributed by atoms with Crippen LogP contribution in [0, 0.1) is 0 Å². The van der Waals surface area contributed by atoms with Crippen molar-refractivity contribution in [2.75, 3.05) is 5.43 Å². The molecule has 98 valence electrons. The van der Waals surface area contributed by atoms with E-state index in [1.165, 1.54) is 6.39 Å². The number of rotatable bonds is 4. The third-order valence-corrected chi connectivity index (χ3v) is 2.69. The summed E-state index contributed by atoms with van der Waals surface area (Å²) in [6.45, 7) is 0. The Morgan fingerprint density at radius 2 is 2.00 bits per heavy atom. The van der Waals surface area contributed by atoms with E-state index in [-0.39, 0.29) is 0 Å². The molecule has 20 heavy (non-hydrogen) atoms. The molecule has 5 heteroatoms. The Labute approximate surface area is 116 Å². The first-order valence-electron chi connectivity index (χ1n) is 6.10. The van der Waals surface area contributed by atoms with E-state index in [1.807, 2.05) is 36.4 Å². The van der Waals surface area contributed by atoms with Crippen LogP contribution in [-0.4, -0.2) is 16.2 Å². The number of aromatic nitrogens is 2. The highest BCUT2D eigenvalue weighted by Gasteiger charge is 2.01. The van der Waals surface area contributed by atoms with Gasteiger partial charge in [-0.15, -0.1) is 0 Å². The van der Waals surface area contributed by atoms with E-state index >= 15 is 0 Å². The van der Waals surface area contributed by atoms with Crippen LogP contribution in [0.3, 0.4) is 0 Å². The molecule has 0 aliphatic carbocycles. The molecule has 0 saturated carbocycles. The summed E-state index contributed by atoms with van der Waals surface area (Å²) in [5.41, 5.74) is 5.80. The van der Waals surface area contributed by atoms with Gasteiger partial charge in [-0.1, -0.05) is 12.1 Å². The maximum atomic E-state index is 5.26. The number of nitrogens with one attached hydrogen (secondary N) is 1. The van der Waals surface area contributed by atoms with Gasteiger partial charge in [0.15, 0.2) is 12.2 Å². The number of pyridine rings is 1. The molecule has 2 heterocycles. The third-order valence-electron chi connectivity index (χ3n) is 2.69. The van der Waals surface area contributed by atoms with Crippen molar-refractivity contribution in [1.82, 2.24) is 9.97 Å². The molecule has 0 fully saturated rings. The lowest BCUT2D eigenvalue weighted by molar-refractivity contribution is 0.572. The van der Waals surface area contributed by atoms with Crippen molar-refractivity contribution >= 4 is 11.9 Å². The number of hydrogen-bond acceptors (Lipinski definition) is 5. The van der Waals surface area contributed by atoms with Crippen LogP contribution in [0.25, 0.3) is 11.3 Å². The quantitative estimate of drug-likeness (QED) is 0.580. The van der Waals surface area contributed by atoms with E-state index in [9.17, 15) is 0 Å². The molecular formula is C15H12N4O. The zero-order chi connectivity index (χ0) is 13.6. The number of benzene rings is 1. The van der Waals surface area contributed by atoms with Gasteiger partial charge in [-0.2, -0.15) is 5.10 Å². The zero-order valence-electron chi connectivity index (χ0n) is 10.6. The summed E-state index contributed by atoms with van der Waals surface area (Å²) in [5, 5.41) is 4.19. The fourth-order valence-corrected chi connectivity index (χ4v) is 1.73.